The molecule has 1 aliphatic rings. The summed E-state index contributed by atoms with van der Waals surface area (Å²) in [5, 5.41) is 0. The Morgan fingerprint density at radius 2 is 1.24 bits per heavy atom. The molecule has 2 aromatic carbocycles. The Morgan fingerprint density at radius 3 is 1.76 bits per heavy atom. The van der Waals surface area contributed by atoms with Crippen molar-refractivity contribution in [2.45, 2.75) is 28.7 Å². The minimum Gasteiger partial charge on any atom is -0.208 e. The molecule has 134 valence electrons. The van der Waals surface area contributed by atoms with Gasteiger partial charge in [0, 0.05) is 19.1 Å². The average Bonchev–Trinajstić information content (AvgIpc) is 2.63. The molecule has 2 aromatic rings. The molecular formula is C17H20N2O4S2. The molecule has 25 heavy (non-hydrogen) atoms. The first-order chi connectivity index (χ1) is 11.9. The molecule has 0 aromatic heterocycles. The van der Waals surface area contributed by atoms with Gasteiger partial charge in [0.05, 0.1) is 9.79 Å². The number of sulfonamides is 2. The lowest BCUT2D eigenvalue weighted by atomic mass is 10.1. The molecule has 0 saturated carbocycles. The topological polar surface area (TPSA) is 83.6 Å². The predicted molar refractivity (Wildman–Crippen MR) is 95.0 cm³/mol. The molecule has 0 atom stereocenters. The van der Waals surface area contributed by atoms with E-state index in [1.54, 1.807) is 48.5 Å². The molecule has 1 N–H and O–H groups in total. The number of benzene rings is 2. The zero-order valence-electron chi connectivity index (χ0n) is 13.6. The van der Waals surface area contributed by atoms with Gasteiger partial charge in [0.25, 0.3) is 0 Å². The quantitative estimate of drug-likeness (QED) is 0.858. The van der Waals surface area contributed by atoms with Crippen LogP contribution >= 0.6 is 0 Å². The standard InChI is InChI=1S/C17H20N2O4S2/c20-24(21,16-7-3-1-4-8-16)18-15-11-13-19(14-12-15)25(22,23)17-9-5-2-6-10-17/h1-10,15,18H,11-14H2. The zero-order valence-corrected chi connectivity index (χ0v) is 15.2. The molecule has 0 bridgehead atoms. The summed E-state index contributed by atoms with van der Waals surface area (Å²) in [4.78, 5) is 0.479. The van der Waals surface area contributed by atoms with Crippen molar-refractivity contribution in [3.63, 3.8) is 0 Å². The van der Waals surface area contributed by atoms with Crippen molar-refractivity contribution < 1.29 is 16.8 Å². The van der Waals surface area contributed by atoms with E-state index in [4.69, 9.17) is 0 Å². The summed E-state index contributed by atoms with van der Waals surface area (Å²) in [6, 6.07) is 16.2. The number of nitrogens with one attached hydrogen (secondary N) is 1. The first-order valence-corrected chi connectivity index (χ1v) is 10.9. The second kappa shape index (κ2) is 7.25. The van der Waals surface area contributed by atoms with Crippen molar-refractivity contribution in [3.05, 3.63) is 60.7 Å². The number of hydrogen-bond donors (Lipinski definition) is 1. The Labute approximate surface area is 148 Å². The highest BCUT2D eigenvalue weighted by Gasteiger charge is 2.31. The first kappa shape index (κ1) is 18.1. The number of nitrogens with zero attached hydrogens (tertiary/aromatic N) is 1. The van der Waals surface area contributed by atoms with Crippen LogP contribution in [-0.2, 0) is 20.0 Å². The average molecular weight is 380 g/mol. The van der Waals surface area contributed by atoms with E-state index in [0.717, 1.165) is 0 Å². The Morgan fingerprint density at radius 1 is 0.760 bits per heavy atom. The number of hydrogen-bond acceptors (Lipinski definition) is 4. The SMILES string of the molecule is O=S(=O)(NC1CCN(S(=O)(=O)c2ccccc2)CC1)c1ccccc1. The number of rotatable bonds is 5. The fourth-order valence-electron chi connectivity index (χ4n) is 2.84. The van der Waals surface area contributed by atoms with Gasteiger partial charge in [0.15, 0.2) is 0 Å². The second-order valence-electron chi connectivity index (χ2n) is 5.93. The van der Waals surface area contributed by atoms with E-state index in [1.165, 1.54) is 16.4 Å². The summed E-state index contributed by atoms with van der Waals surface area (Å²) in [6.45, 7) is 0.582. The van der Waals surface area contributed by atoms with Crippen molar-refractivity contribution >= 4 is 20.0 Å². The van der Waals surface area contributed by atoms with E-state index >= 15 is 0 Å². The smallest absolute Gasteiger partial charge is 0.208 e. The second-order valence-corrected chi connectivity index (χ2v) is 9.58. The molecule has 1 fully saturated rings. The third-order valence-electron chi connectivity index (χ3n) is 4.21. The fourth-order valence-corrected chi connectivity index (χ4v) is 5.66. The van der Waals surface area contributed by atoms with Crippen LogP contribution in [0.2, 0.25) is 0 Å². The van der Waals surface area contributed by atoms with E-state index in [-0.39, 0.29) is 15.8 Å². The highest BCUT2D eigenvalue weighted by atomic mass is 32.2. The molecule has 0 amide bonds. The van der Waals surface area contributed by atoms with Gasteiger partial charge >= 0.3 is 0 Å². The summed E-state index contributed by atoms with van der Waals surface area (Å²) < 4.78 is 54.0. The summed E-state index contributed by atoms with van der Waals surface area (Å²) in [6.07, 6.45) is 0.885. The highest BCUT2D eigenvalue weighted by molar-refractivity contribution is 7.89. The van der Waals surface area contributed by atoms with Crippen LogP contribution in [0, 0.1) is 0 Å². The molecule has 1 saturated heterocycles. The molecule has 3 rings (SSSR count). The normalized spacial score (nSPS) is 17.4. The Hall–Kier alpha value is -1.74. The molecule has 0 aliphatic carbocycles. The van der Waals surface area contributed by atoms with E-state index < -0.39 is 20.0 Å². The lowest BCUT2D eigenvalue weighted by Crippen LogP contribution is -2.46. The third kappa shape index (κ3) is 4.09. The van der Waals surface area contributed by atoms with E-state index in [1.807, 2.05) is 0 Å². The van der Waals surface area contributed by atoms with Crippen molar-refractivity contribution in [2.24, 2.45) is 0 Å². The molecule has 0 radical (unpaired) electrons. The Bertz CT molecular complexity index is 906. The van der Waals surface area contributed by atoms with Crippen LogP contribution in [0.5, 0.6) is 0 Å². The maximum Gasteiger partial charge on any atom is 0.243 e. The van der Waals surface area contributed by atoms with Gasteiger partial charge in [-0.05, 0) is 37.1 Å². The first-order valence-electron chi connectivity index (χ1n) is 8.02. The fraction of sp³-hybridized carbons (Fsp3) is 0.294. The van der Waals surface area contributed by atoms with Crippen molar-refractivity contribution in [3.8, 4) is 0 Å². The van der Waals surface area contributed by atoms with Crippen LogP contribution in [-0.4, -0.2) is 40.3 Å². The Kier molecular flexibility index (Phi) is 5.24. The molecule has 1 heterocycles. The zero-order chi connectivity index (χ0) is 17.9. The Balaban J connectivity index is 1.65. The minimum absolute atomic E-state index is 0.217. The van der Waals surface area contributed by atoms with Gasteiger partial charge < -0.3 is 0 Å². The van der Waals surface area contributed by atoms with Crippen LogP contribution in [0.3, 0.4) is 0 Å². The van der Waals surface area contributed by atoms with Crippen LogP contribution in [0.1, 0.15) is 12.8 Å². The summed E-state index contributed by atoms with van der Waals surface area (Å²) in [5.41, 5.74) is 0. The lowest BCUT2D eigenvalue weighted by Gasteiger charge is -2.31. The molecule has 0 unspecified atom stereocenters. The molecule has 8 heteroatoms. The van der Waals surface area contributed by atoms with Crippen molar-refractivity contribution in [1.29, 1.82) is 0 Å². The maximum absolute atomic E-state index is 12.6. The predicted octanol–water partition coefficient (Wildman–Crippen LogP) is 1.82. The van der Waals surface area contributed by atoms with Crippen LogP contribution in [0.25, 0.3) is 0 Å². The summed E-state index contributed by atoms with van der Waals surface area (Å²) >= 11 is 0. The van der Waals surface area contributed by atoms with Crippen LogP contribution < -0.4 is 4.72 Å². The van der Waals surface area contributed by atoms with Gasteiger partial charge in [0.2, 0.25) is 20.0 Å². The van der Waals surface area contributed by atoms with Crippen molar-refractivity contribution in [1.82, 2.24) is 9.03 Å². The molecule has 6 nitrogen and oxygen atoms in total. The van der Waals surface area contributed by atoms with Gasteiger partial charge in [-0.3, -0.25) is 0 Å². The minimum atomic E-state index is -3.58. The van der Waals surface area contributed by atoms with E-state index in [2.05, 4.69) is 4.72 Å². The monoisotopic (exact) mass is 380 g/mol. The molecule has 0 spiro atoms. The molecular weight excluding hydrogens is 360 g/mol. The third-order valence-corrected chi connectivity index (χ3v) is 7.66. The van der Waals surface area contributed by atoms with E-state index in [9.17, 15) is 16.8 Å². The van der Waals surface area contributed by atoms with Crippen molar-refractivity contribution in [2.75, 3.05) is 13.1 Å². The van der Waals surface area contributed by atoms with E-state index in [0.29, 0.717) is 25.9 Å². The largest absolute Gasteiger partial charge is 0.243 e. The van der Waals surface area contributed by atoms with Crippen LogP contribution in [0.4, 0.5) is 0 Å². The van der Waals surface area contributed by atoms with Gasteiger partial charge in [-0.25, -0.2) is 21.6 Å². The molecule has 1 aliphatic heterocycles. The summed E-state index contributed by atoms with van der Waals surface area (Å²) in [7, 11) is -7.11. The van der Waals surface area contributed by atoms with Gasteiger partial charge in [0.1, 0.15) is 0 Å². The van der Waals surface area contributed by atoms with Gasteiger partial charge in [-0.2, -0.15) is 4.31 Å². The summed E-state index contributed by atoms with van der Waals surface area (Å²) in [5.74, 6) is 0. The lowest BCUT2D eigenvalue weighted by molar-refractivity contribution is 0.308. The maximum atomic E-state index is 12.6. The number of piperidine rings is 1. The van der Waals surface area contributed by atoms with Gasteiger partial charge in [-0.1, -0.05) is 36.4 Å². The van der Waals surface area contributed by atoms with Gasteiger partial charge in [-0.15, -0.1) is 0 Å². The van der Waals surface area contributed by atoms with Crippen LogP contribution in [0.15, 0.2) is 70.5 Å². The highest BCUT2D eigenvalue weighted by Crippen LogP contribution is 2.21.